The highest BCUT2D eigenvalue weighted by Crippen LogP contribution is 2.01. The van der Waals surface area contributed by atoms with Crippen molar-refractivity contribution in [2.45, 2.75) is 13.3 Å². The van der Waals surface area contributed by atoms with Gasteiger partial charge in [0.05, 0.1) is 13.2 Å². The SMILES string of the molecule is CCNc1ccc(C(=O)NCCCN2CCOCC2)nn1. The first-order chi connectivity index (χ1) is 10.3. The molecule has 7 heteroatoms. The second-order valence-electron chi connectivity index (χ2n) is 4.90. The number of morpholine rings is 1. The molecule has 7 nitrogen and oxygen atoms in total. The Bertz CT molecular complexity index is 431. The largest absolute Gasteiger partial charge is 0.379 e. The number of nitrogens with zero attached hydrogens (tertiary/aromatic N) is 3. The fraction of sp³-hybridized carbons (Fsp3) is 0.643. The highest BCUT2D eigenvalue weighted by molar-refractivity contribution is 5.92. The van der Waals surface area contributed by atoms with Crippen LogP contribution in [0.5, 0.6) is 0 Å². The minimum atomic E-state index is -0.174. The third-order valence-electron chi connectivity index (χ3n) is 3.30. The molecule has 0 aromatic carbocycles. The Morgan fingerprint density at radius 1 is 1.33 bits per heavy atom. The van der Waals surface area contributed by atoms with Crippen LogP contribution in [0.25, 0.3) is 0 Å². The van der Waals surface area contributed by atoms with E-state index < -0.39 is 0 Å². The summed E-state index contributed by atoms with van der Waals surface area (Å²) in [5.74, 6) is 0.508. The Labute approximate surface area is 125 Å². The molecule has 0 unspecified atom stereocenters. The fourth-order valence-electron chi connectivity index (χ4n) is 2.15. The predicted octanol–water partition coefficient (Wildman–Crippen LogP) is 0.361. The lowest BCUT2D eigenvalue weighted by Gasteiger charge is -2.26. The highest BCUT2D eigenvalue weighted by Gasteiger charge is 2.10. The Hall–Kier alpha value is -1.73. The van der Waals surface area contributed by atoms with Gasteiger partial charge in [-0.2, -0.15) is 0 Å². The number of carbonyl (C=O) groups is 1. The Morgan fingerprint density at radius 2 is 2.14 bits per heavy atom. The van der Waals surface area contributed by atoms with Crippen LogP contribution in [-0.4, -0.2) is 66.9 Å². The number of hydrogen-bond donors (Lipinski definition) is 2. The summed E-state index contributed by atoms with van der Waals surface area (Å²) in [5.41, 5.74) is 0.350. The van der Waals surface area contributed by atoms with Gasteiger partial charge in [-0.1, -0.05) is 0 Å². The maximum absolute atomic E-state index is 11.9. The number of hydrogen-bond acceptors (Lipinski definition) is 6. The van der Waals surface area contributed by atoms with Gasteiger partial charge in [-0.25, -0.2) is 0 Å². The Balaban J connectivity index is 1.66. The number of nitrogens with one attached hydrogen (secondary N) is 2. The molecule has 116 valence electrons. The third kappa shape index (κ3) is 5.28. The van der Waals surface area contributed by atoms with Gasteiger partial charge in [0.25, 0.3) is 5.91 Å². The zero-order chi connectivity index (χ0) is 14.9. The van der Waals surface area contributed by atoms with Crippen molar-refractivity contribution < 1.29 is 9.53 Å². The lowest BCUT2D eigenvalue weighted by molar-refractivity contribution is 0.0374. The zero-order valence-electron chi connectivity index (χ0n) is 12.5. The van der Waals surface area contributed by atoms with Crippen LogP contribution in [0, 0.1) is 0 Å². The summed E-state index contributed by atoms with van der Waals surface area (Å²) < 4.78 is 5.30. The number of rotatable bonds is 7. The van der Waals surface area contributed by atoms with E-state index in [0.29, 0.717) is 18.1 Å². The summed E-state index contributed by atoms with van der Waals surface area (Å²) in [6, 6.07) is 3.45. The lowest BCUT2D eigenvalue weighted by atomic mass is 10.3. The number of amides is 1. The van der Waals surface area contributed by atoms with Gasteiger partial charge in [-0.05, 0) is 32.0 Å². The summed E-state index contributed by atoms with van der Waals surface area (Å²) in [7, 11) is 0. The molecule has 1 saturated heterocycles. The van der Waals surface area contributed by atoms with E-state index >= 15 is 0 Å². The van der Waals surface area contributed by atoms with Crippen LogP contribution in [-0.2, 0) is 4.74 Å². The van der Waals surface area contributed by atoms with Crippen molar-refractivity contribution in [1.29, 1.82) is 0 Å². The first-order valence-electron chi connectivity index (χ1n) is 7.45. The van der Waals surface area contributed by atoms with Gasteiger partial charge in [0.2, 0.25) is 0 Å². The van der Waals surface area contributed by atoms with E-state index in [-0.39, 0.29) is 5.91 Å². The average Bonchev–Trinajstić information content (AvgIpc) is 2.53. The summed E-state index contributed by atoms with van der Waals surface area (Å²) in [6.45, 7) is 7.96. The van der Waals surface area contributed by atoms with E-state index in [1.165, 1.54) is 0 Å². The molecule has 21 heavy (non-hydrogen) atoms. The molecule has 0 aliphatic carbocycles. The highest BCUT2D eigenvalue weighted by atomic mass is 16.5. The Kier molecular flexibility index (Phi) is 6.36. The molecule has 0 saturated carbocycles. The second kappa shape index (κ2) is 8.53. The van der Waals surface area contributed by atoms with Gasteiger partial charge < -0.3 is 15.4 Å². The topological polar surface area (TPSA) is 79.4 Å². The van der Waals surface area contributed by atoms with E-state index in [1.807, 2.05) is 6.92 Å². The number of carbonyl (C=O) groups excluding carboxylic acids is 1. The van der Waals surface area contributed by atoms with Gasteiger partial charge in [-0.3, -0.25) is 9.69 Å². The van der Waals surface area contributed by atoms with Crippen molar-refractivity contribution >= 4 is 11.7 Å². The molecule has 2 rings (SSSR count). The molecule has 2 heterocycles. The van der Waals surface area contributed by atoms with Gasteiger partial charge in [0.15, 0.2) is 5.69 Å². The average molecular weight is 293 g/mol. The van der Waals surface area contributed by atoms with Gasteiger partial charge in [0.1, 0.15) is 5.82 Å². The monoisotopic (exact) mass is 293 g/mol. The minimum absolute atomic E-state index is 0.174. The van der Waals surface area contributed by atoms with Crippen molar-refractivity contribution in [1.82, 2.24) is 20.4 Å². The molecule has 2 N–H and O–H groups in total. The Morgan fingerprint density at radius 3 is 2.81 bits per heavy atom. The van der Waals surface area contributed by atoms with E-state index in [9.17, 15) is 4.79 Å². The quantitative estimate of drug-likeness (QED) is 0.707. The van der Waals surface area contributed by atoms with E-state index in [2.05, 4.69) is 25.7 Å². The number of anilines is 1. The van der Waals surface area contributed by atoms with Crippen molar-refractivity contribution in [2.24, 2.45) is 0 Å². The van der Waals surface area contributed by atoms with Crippen LogP contribution in [0.15, 0.2) is 12.1 Å². The van der Waals surface area contributed by atoms with Gasteiger partial charge in [-0.15, -0.1) is 10.2 Å². The molecular formula is C14H23N5O2. The number of ether oxygens (including phenoxy) is 1. The van der Waals surface area contributed by atoms with Gasteiger partial charge in [0, 0.05) is 26.2 Å². The maximum Gasteiger partial charge on any atom is 0.271 e. The molecule has 1 aliphatic heterocycles. The summed E-state index contributed by atoms with van der Waals surface area (Å²) >= 11 is 0. The van der Waals surface area contributed by atoms with Crippen molar-refractivity contribution in [3.8, 4) is 0 Å². The van der Waals surface area contributed by atoms with Crippen molar-refractivity contribution in [3.63, 3.8) is 0 Å². The molecule has 0 radical (unpaired) electrons. The molecule has 1 aromatic rings. The predicted molar refractivity (Wildman–Crippen MR) is 80.4 cm³/mol. The molecule has 1 amide bonds. The van der Waals surface area contributed by atoms with Crippen LogP contribution < -0.4 is 10.6 Å². The molecule has 0 bridgehead atoms. The molecule has 0 spiro atoms. The lowest BCUT2D eigenvalue weighted by Crippen LogP contribution is -2.38. The standard InChI is InChI=1S/C14H23N5O2/c1-2-15-13-5-4-12(17-18-13)14(20)16-6-3-7-19-8-10-21-11-9-19/h4-5H,2-3,6-11H2,1H3,(H,15,18)(H,16,20). The molecule has 1 aromatic heterocycles. The third-order valence-corrected chi connectivity index (χ3v) is 3.30. The molecular weight excluding hydrogens is 270 g/mol. The van der Waals surface area contributed by atoms with E-state index in [4.69, 9.17) is 4.74 Å². The van der Waals surface area contributed by atoms with Crippen LogP contribution in [0.2, 0.25) is 0 Å². The van der Waals surface area contributed by atoms with Crippen LogP contribution in [0.1, 0.15) is 23.8 Å². The van der Waals surface area contributed by atoms with Crippen molar-refractivity contribution in [3.05, 3.63) is 17.8 Å². The zero-order valence-corrected chi connectivity index (χ0v) is 12.5. The normalized spacial score (nSPS) is 15.7. The first kappa shape index (κ1) is 15.7. The minimum Gasteiger partial charge on any atom is -0.379 e. The van der Waals surface area contributed by atoms with E-state index in [0.717, 1.165) is 45.8 Å². The molecule has 1 aliphatic rings. The second-order valence-corrected chi connectivity index (χ2v) is 4.90. The maximum atomic E-state index is 11.9. The fourth-order valence-corrected chi connectivity index (χ4v) is 2.15. The van der Waals surface area contributed by atoms with E-state index in [1.54, 1.807) is 12.1 Å². The van der Waals surface area contributed by atoms with Crippen LogP contribution in [0.4, 0.5) is 5.82 Å². The molecule has 1 fully saturated rings. The smallest absolute Gasteiger partial charge is 0.271 e. The van der Waals surface area contributed by atoms with Crippen molar-refractivity contribution in [2.75, 3.05) is 51.3 Å². The summed E-state index contributed by atoms with van der Waals surface area (Å²) in [6.07, 6.45) is 0.925. The van der Waals surface area contributed by atoms with Crippen LogP contribution in [0.3, 0.4) is 0 Å². The summed E-state index contributed by atoms with van der Waals surface area (Å²) in [4.78, 5) is 14.2. The molecule has 0 atom stereocenters. The van der Waals surface area contributed by atoms with Gasteiger partial charge >= 0.3 is 0 Å². The number of aromatic nitrogens is 2. The summed E-state index contributed by atoms with van der Waals surface area (Å²) in [5, 5.41) is 13.8. The first-order valence-corrected chi connectivity index (χ1v) is 7.45. The van der Waals surface area contributed by atoms with Crippen LogP contribution >= 0.6 is 0 Å².